The van der Waals surface area contributed by atoms with Crippen LogP contribution in [-0.4, -0.2) is 39.0 Å². The number of rotatable bonds is 4. The van der Waals surface area contributed by atoms with E-state index in [-0.39, 0.29) is 44.5 Å². The normalized spacial score (nSPS) is 12.0. The monoisotopic (exact) mass is 980 g/mol. The summed E-state index contributed by atoms with van der Waals surface area (Å²) in [5.41, 5.74) is 22.0. The van der Waals surface area contributed by atoms with Crippen LogP contribution in [0, 0.1) is 11.1 Å². The first-order valence-electron chi connectivity index (χ1n) is 17.5. The second-order valence-corrected chi connectivity index (χ2v) is 16.4. The first kappa shape index (κ1) is 48.4. The van der Waals surface area contributed by atoms with Crippen molar-refractivity contribution in [2.75, 3.05) is 0 Å². The second kappa shape index (κ2) is 22.0. The molecule has 3 aromatic heterocycles. The fourth-order valence-corrected chi connectivity index (χ4v) is 9.19. The zero-order chi connectivity index (χ0) is 42.2. The SMILES string of the molecule is C.Clc1ccc2[nH]cc(CBr)c2c1.N=N.NCc1csc2ccc(Cl)cc12.O.O=C1NC(=O)c2ccccc21.O=C1c2ccccc2C(=O)N1Cc1csc2ccc(Cl)cc12.[HH]. The van der Waals surface area contributed by atoms with Gasteiger partial charge >= 0.3 is 0 Å². The molecule has 8 aromatic rings. The minimum absolute atomic E-state index is 0. The molecule has 2 aliphatic heterocycles. The molecule has 316 valence electrons. The lowest BCUT2D eigenvalue weighted by molar-refractivity contribution is 0.0642. The number of carbonyl (C=O) groups is 4. The second-order valence-electron chi connectivity index (χ2n) is 12.7. The molecule has 0 spiro atoms. The number of imide groups is 2. The van der Waals surface area contributed by atoms with Crippen molar-refractivity contribution in [2.45, 2.75) is 25.8 Å². The average Bonchev–Trinajstić information content (AvgIpc) is 4.08. The van der Waals surface area contributed by atoms with Crippen LogP contribution in [0.2, 0.25) is 15.1 Å². The number of aromatic nitrogens is 1. The number of benzene rings is 5. The van der Waals surface area contributed by atoms with E-state index < -0.39 is 0 Å². The number of aromatic amines is 1. The third-order valence-electron chi connectivity index (χ3n) is 9.17. The van der Waals surface area contributed by atoms with Gasteiger partial charge in [-0.25, -0.2) is 11.1 Å². The molecule has 61 heavy (non-hydrogen) atoms. The molecule has 5 heterocycles. The minimum Gasteiger partial charge on any atom is -0.412 e. The number of amides is 4. The lowest BCUT2D eigenvalue weighted by Crippen LogP contribution is -2.28. The predicted molar refractivity (Wildman–Crippen MR) is 254 cm³/mol. The van der Waals surface area contributed by atoms with Gasteiger partial charge in [-0.05, 0) is 117 Å². The van der Waals surface area contributed by atoms with Crippen LogP contribution < -0.4 is 11.1 Å². The maximum atomic E-state index is 12.4. The van der Waals surface area contributed by atoms with Gasteiger partial charge in [0.05, 0.1) is 28.8 Å². The number of nitrogens with zero attached hydrogens (tertiary/aromatic N) is 1. The summed E-state index contributed by atoms with van der Waals surface area (Å²) >= 11 is 24.5. The lowest BCUT2D eigenvalue weighted by atomic mass is 10.1. The summed E-state index contributed by atoms with van der Waals surface area (Å²) in [7, 11) is 0. The van der Waals surface area contributed by atoms with Crippen molar-refractivity contribution in [3.8, 4) is 0 Å². The van der Waals surface area contributed by atoms with E-state index in [4.69, 9.17) is 51.6 Å². The molecule has 17 heteroatoms. The Balaban J connectivity index is 0.000000224. The Bertz CT molecular complexity index is 2720. The molecule has 10 rings (SSSR count). The van der Waals surface area contributed by atoms with Crippen LogP contribution in [0.1, 0.15) is 67.0 Å². The molecule has 8 N–H and O–H groups in total. The van der Waals surface area contributed by atoms with Crippen LogP contribution in [0.15, 0.2) is 120 Å². The fraction of sp³-hybridized carbons (Fsp3) is 0.0909. The van der Waals surface area contributed by atoms with Gasteiger partial charge in [-0.2, -0.15) is 0 Å². The maximum absolute atomic E-state index is 12.4. The largest absolute Gasteiger partial charge is 0.412 e. The van der Waals surface area contributed by atoms with E-state index in [0.717, 1.165) is 36.5 Å². The molecule has 0 fully saturated rings. The Hall–Kier alpha value is -5.29. The number of fused-ring (bicyclic) bond motifs is 5. The van der Waals surface area contributed by atoms with Crippen molar-refractivity contribution in [3.63, 3.8) is 0 Å². The summed E-state index contributed by atoms with van der Waals surface area (Å²) in [6, 6.07) is 31.1. The van der Waals surface area contributed by atoms with Gasteiger partial charge < -0.3 is 16.2 Å². The van der Waals surface area contributed by atoms with Gasteiger partial charge in [0.1, 0.15) is 0 Å². The van der Waals surface area contributed by atoms with Crippen molar-refractivity contribution < 1.29 is 26.1 Å². The summed E-state index contributed by atoms with van der Waals surface area (Å²) < 4.78 is 2.34. The van der Waals surface area contributed by atoms with Crippen LogP contribution in [0.4, 0.5) is 0 Å². The zero-order valence-corrected chi connectivity index (χ0v) is 36.6. The molecule has 0 saturated heterocycles. The lowest BCUT2D eigenvalue weighted by Gasteiger charge is -2.13. The third kappa shape index (κ3) is 10.8. The van der Waals surface area contributed by atoms with E-state index in [1.54, 1.807) is 71.2 Å². The molecule has 5 aromatic carbocycles. The van der Waals surface area contributed by atoms with Gasteiger partial charge in [-0.15, -0.1) is 22.7 Å². The zero-order valence-electron chi connectivity index (χ0n) is 31.2. The number of nitrogens with one attached hydrogen (secondary N) is 4. The molecular formula is C44H40BrCl3N6O5S2. The Morgan fingerprint density at radius 2 is 1.08 bits per heavy atom. The average molecular weight is 983 g/mol. The summed E-state index contributed by atoms with van der Waals surface area (Å²) in [4.78, 5) is 51.2. The summed E-state index contributed by atoms with van der Waals surface area (Å²) in [5, 5.41) is 12.7. The molecule has 2 aliphatic rings. The van der Waals surface area contributed by atoms with Crippen LogP contribution >= 0.6 is 73.4 Å². The van der Waals surface area contributed by atoms with Crippen molar-refractivity contribution in [1.82, 2.24) is 15.2 Å². The van der Waals surface area contributed by atoms with Crippen molar-refractivity contribution in [1.29, 1.82) is 11.1 Å². The van der Waals surface area contributed by atoms with E-state index in [0.29, 0.717) is 33.8 Å². The van der Waals surface area contributed by atoms with Crippen LogP contribution in [0.3, 0.4) is 0 Å². The maximum Gasteiger partial charge on any atom is 0.261 e. The number of hydrogen-bond donors (Lipinski definition) is 5. The molecule has 0 unspecified atom stereocenters. The molecular weight excluding hydrogens is 943 g/mol. The van der Waals surface area contributed by atoms with Crippen LogP contribution in [0.25, 0.3) is 31.1 Å². The topological polar surface area (TPSA) is 205 Å². The molecule has 11 nitrogen and oxygen atoms in total. The Morgan fingerprint density at radius 1 is 0.639 bits per heavy atom. The molecule has 0 bridgehead atoms. The number of alkyl halides is 1. The quantitative estimate of drug-likeness (QED) is 0.0661. The van der Waals surface area contributed by atoms with Crippen LogP contribution in [-0.2, 0) is 18.4 Å². The first-order valence-corrected chi connectivity index (χ1v) is 21.6. The Morgan fingerprint density at radius 3 is 1.57 bits per heavy atom. The van der Waals surface area contributed by atoms with Gasteiger partial charge in [0, 0.05) is 54.9 Å². The van der Waals surface area contributed by atoms with E-state index in [1.807, 2.05) is 66.2 Å². The first-order chi connectivity index (χ1) is 28.6. The van der Waals surface area contributed by atoms with Gasteiger partial charge in [-0.1, -0.05) is 82.4 Å². The van der Waals surface area contributed by atoms with Gasteiger partial charge in [0.25, 0.3) is 23.6 Å². The van der Waals surface area contributed by atoms with E-state index in [1.165, 1.54) is 31.5 Å². The highest BCUT2D eigenvalue weighted by Crippen LogP contribution is 2.32. The Kier molecular flexibility index (Phi) is 17.4. The highest BCUT2D eigenvalue weighted by atomic mass is 79.9. The number of halogens is 4. The van der Waals surface area contributed by atoms with E-state index >= 15 is 0 Å². The van der Waals surface area contributed by atoms with Crippen molar-refractivity contribution in [2.24, 2.45) is 5.73 Å². The number of H-pyrrole nitrogens is 1. The van der Waals surface area contributed by atoms with E-state index in [9.17, 15) is 19.2 Å². The predicted octanol–water partition coefficient (Wildman–Crippen LogP) is 12.3. The van der Waals surface area contributed by atoms with Crippen molar-refractivity contribution in [3.05, 3.63) is 174 Å². The standard InChI is InChI=1S/C17H10ClNO2S.C9H7BrClN.C9H8ClNS.C8H5NO2.CH4.H2N2.H2O.H2/c18-11-5-6-15-14(7-11)10(9-22-15)8-19-16(20)12-3-1-2-4-13(12)17(19)21;10-4-6-5-12-9-2-1-7(11)3-8(6)9;10-7-1-2-9-8(3-7)6(4-11)5-12-9;10-7-5-3-1-2-4-6(5)8(11)9-7;;1-2;;/h1-7,9H,8H2;1-3,5,12H,4H2;1-3,5H,4,11H2;1-4H,(H,9,10,11);1H4;1-2H;1H2;1H. The molecule has 4 amide bonds. The Labute approximate surface area is 383 Å². The highest BCUT2D eigenvalue weighted by Gasteiger charge is 2.35. The van der Waals surface area contributed by atoms with E-state index in [2.05, 4.69) is 31.6 Å². The fourth-order valence-electron chi connectivity index (χ4n) is 6.32. The van der Waals surface area contributed by atoms with Crippen LogP contribution in [0.5, 0.6) is 0 Å². The number of carbonyl (C=O) groups excluding carboxylic acids is 4. The molecule has 0 atom stereocenters. The molecule has 0 saturated carbocycles. The summed E-state index contributed by atoms with van der Waals surface area (Å²) in [5.74, 6) is -1.07. The van der Waals surface area contributed by atoms with Gasteiger partial charge in [-0.3, -0.25) is 29.4 Å². The molecule has 0 aliphatic carbocycles. The van der Waals surface area contributed by atoms with Gasteiger partial charge in [0.2, 0.25) is 0 Å². The number of nitrogens with two attached hydrogens (primary N) is 1. The highest BCUT2D eigenvalue weighted by molar-refractivity contribution is 9.08. The third-order valence-corrected chi connectivity index (χ3v) is 12.5. The summed E-state index contributed by atoms with van der Waals surface area (Å²) in [6.07, 6.45) is 2.00. The van der Waals surface area contributed by atoms with Crippen molar-refractivity contribution >= 4 is 128 Å². The smallest absolute Gasteiger partial charge is 0.261 e. The minimum atomic E-state index is -0.300. The van der Waals surface area contributed by atoms with Gasteiger partial charge in [0.15, 0.2) is 0 Å². The summed E-state index contributed by atoms with van der Waals surface area (Å²) in [6.45, 7) is 0.854. The number of hydrogen-bond acceptors (Lipinski definition) is 9. The number of thiophene rings is 2. The molecule has 0 radical (unpaired) electrons.